The summed E-state index contributed by atoms with van der Waals surface area (Å²) in [4.78, 5) is 14.5. The summed E-state index contributed by atoms with van der Waals surface area (Å²) in [6.45, 7) is 0.270. The molecule has 0 saturated heterocycles. The molecule has 1 heterocycles. The molecule has 0 radical (unpaired) electrons. The van der Waals surface area contributed by atoms with Gasteiger partial charge in [0.2, 0.25) is 17.7 Å². The third-order valence-electron chi connectivity index (χ3n) is 4.44. The summed E-state index contributed by atoms with van der Waals surface area (Å²) in [6.07, 6.45) is 5.29. The minimum absolute atomic E-state index is 0.0880. The van der Waals surface area contributed by atoms with E-state index < -0.39 is 0 Å². The van der Waals surface area contributed by atoms with E-state index in [0.717, 1.165) is 18.4 Å². The van der Waals surface area contributed by atoms with Gasteiger partial charge in [0, 0.05) is 17.1 Å². The fourth-order valence-electron chi connectivity index (χ4n) is 2.82. The number of halogens is 2. The van der Waals surface area contributed by atoms with Crippen molar-refractivity contribution in [3.05, 3.63) is 76.1 Å². The summed E-state index contributed by atoms with van der Waals surface area (Å²) in [7, 11) is 0. The predicted molar refractivity (Wildman–Crippen MR) is 109 cm³/mol. The Morgan fingerprint density at radius 1 is 1.11 bits per heavy atom. The average molecular weight is 414 g/mol. The fourth-order valence-corrected chi connectivity index (χ4v) is 3.16. The second-order valence-electron chi connectivity index (χ2n) is 6.56. The van der Waals surface area contributed by atoms with Crippen molar-refractivity contribution in [1.29, 1.82) is 0 Å². The van der Waals surface area contributed by atoms with Crippen molar-refractivity contribution in [2.45, 2.75) is 25.4 Å². The molecule has 1 fully saturated rings. The summed E-state index contributed by atoms with van der Waals surface area (Å²) >= 11 is 12.1. The van der Waals surface area contributed by atoms with Gasteiger partial charge in [-0.15, -0.1) is 10.2 Å². The molecule has 0 unspecified atom stereocenters. The lowest BCUT2D eigenvalue weighted by atomic mass is 10.2. The Bertz CT molecular complexity index is 1010. The largest absolute Gasteiger partial charge is 0.419 e. The zero-order valence-corrected chi connectivity index (χ0v) is 16.4. The van der Waals surface area contributed by atoms with Crippen LogP contribution in [0.25, 0.3) is 17.5 Å². The zero-order chi connectivity index (χ0) is 19.5. The summed E-state index contributed by atoms with van der Waals surface area (Å²) < 4.78 is 5.75. The highest BCUT2D eigenvalue weighted by Crippen LogP contribution is 2.30. The topological polar surface area (TPSA) is 59.2 Å². The first kappa shape index (κ1) is 18.7. The Labute approximate surface area is 172 Å². The predicted octanol–water partition coefficient (Wildman–Crippen LogP) is 5.25. The van der Waals surface area contributed by atoms with E-state index in [4.69, 9.17) is 27.6 Å². The van der Waals surface area contributed by atoms with E-state index in [-0.39, 0.29) is 18.5 Å². The molecule has 142 valence electrons. The van der Waals surface area contributed by atoms with Crippen molar-refractivity contribution in [2.75, 3.05) is 0 Å². The van der Waals surface area contributed by atoms with E-state index in [9.17, 15) is 4.79 Å². The molecule has 2 aromatic carbocycles. The molecule has 4 rings (SSSR count). The molecule has 1 aromatic heterocycles. The van der Waals surface area contributed by atoms with Gasteiger partial charge in [0.05, 0.1) is 17.1 Å². The lowest BCUT2D eigenvalue weighted by Crippen LogP contribution is -2.31. The number of aromatic nitrogens is 2. The van der Waals surface area contributed by atoms with Crippen LogP contribution >= 0.6 is 23.2 Å². The van der Waals surface area contributed by atoms with Gasteiger partial charge < -0.3 is 9.32 Å². The van der Waals surface area contributed by atoms with Crippen LogP contribution in [0.5, 0.6) is 0 Å². The highest BCUT2D eigenvalue weighted by molar-refractivity contribution is 6.33. The van der Waals surface area contributed by atoms with Crippen LogP contribution in [0.15, 0.2) is 59.0 Å². The molecule has 7 heteroatoms. The van der Waals surface area contributed by atoms with Gasteiger partial charge in [-0.2, -0.15) is 0 Å². The van der Waals surface area contributed by atoms with E-state index in [0.29, 0.717) is 27.4 Å². The van der Waals surface area contributed by atoms with Crippen molar-refractivity contribution in [2.24, 2.45) is 0 Å². The highest BCUT2D eigenvalue weighted by Gasteiger charge is 2.32. The number of amides is 1. The number of benzene rings is 2. The molecule has 0 aliphatic heterocycles. The normalized spacial score (nSPS) is 13.8. The standard InChI is InChI=1S/C21H17Cl2N3O2/c22-15-8-5-14(6-9-15)7-12-20(27)26(16-10-11-16)13-19-24-25-21(28-19)17-3-1-2-4-18(17)23/h1-9,12,16H,10-11,13H2/b12-7+. The Balaban J connectivity index is 1.48. The molecule has 3 aromatic rings. The van der Waals surface area contributed by atoms with Crippen molar-refractivity contribution < 1.29 is 9.21 Å². The second-order valence-corrected chi connectivity index (χ2v) is 7.41. The van der Waals surface area contributed by atoms with E-state index in [2.05, 4.69) is 10.2 Å². The van der Waals surface area contributed by atoms with E-state index in [1.165, 1.54) is 0 Å². The number of hydrogen-bond acceptors (Lipinski definition) is 4. The number of nitrogens with zero attached hydrogens (tertiary/aromatic N) is 3. The van der Waals surface area contributed by atoms with Gasteiger partial charge in [-0.05, 0) is 48.7 Å². The average Bonchev–Trinajstić information content (AvgIpc) is 3.44. The molecule has 5 nitrogen and oxygen atoms in total. The fraction of sp³-hybridized carbons (Fsp3) is 0.190. The smallest absolute Gasteiger partial charge is 0.249 e. The minimum atomic E-state index is -0.0880. The molecule has 0 N–H and O–H groups in total. The van der Waals surface area contributed by atoms with Gasteiger partial charge in [-0.3, -0.25) is 4.79 Å². The van der Waals surface area contributed by atoms with Gasteiger partial charge in [-0.25, -0.2) is 0 Å². The lowest BCUT2D eigenvalue weighted by Gasteiger charge is -2.18. The first-order valence-electron chi connectivity index (χ1n) is 8.92. The first-order chi connectivity index (χ1) is 13.6. The van der Waals surface area contributed by atoms with Crippen LogP contribution in [-0.4, -0.2) is 27.0 Å². The van der Waals surface area contributed by atoms with Crippen LogP contribution in [0.1, 0.15) is 24.3 Å². The molecule has 28 heavy (non-hydrogen) atoms. The summed E-state index contributed by atoms with van der Waals surface area (Å²) in [6, 6.07) is 14.8. The molecule has 1 aliphatic rings. The van der Waals surface area contributed by atoms with E-state index >= 15 is 0 Å². The van der Waals surface area contributed by atoms with Crippen molar-refractivity contribution >= 4 is 35.2 Å². The Hall–Kier alpha value is -2.63. The molecule has 0 spiro atoms. The van der Waals surface area contributed by atoms with Crippen molar-refractivity contribution in [3.8, 4) is 11.5 Å². The van der Waals surface area contributed by atoms with Crippen LogP contribution in [0.2, 0.25) is 10.0 Å². The molecule has 0 atom stereocenters. The maximum absolute atomic E-state index is 12.7. The van der Waals surface area contributed by atoms with E-state index in [1.54, 1.807) is 35.3 Å². The SMILES string of the molecule is O=C(/C=C/c1ccc(Cl)cc1)N(Cc1nnc(-c2ccccc2Cl)o1)C1CC1. The van der Waals surface area contributed by atoms with Crippen LogP contribution < -0.4 is 0 Å². The minimum Gasteiger partial charge on any atom is -0.419 e. The number of rotatable bonds is 6. The molecule has 1 saturated carbocycles. The maximum Gasteiger partial charge on any atom is 0.249 e. The number of carbonyl (C=O) groups is 1. The monoisotopic (exact) mass is 413 g/mol. The number of hydrogen-bond donors (Lipinski definition) is 0. The van der Waals surface area contributed by atoms with Gasteiger partial charge in [0.15, 0.2) is 0 Å². The van der Waals surface area contributed by atoms with Gasteiger partial charge in [0.25, 0.3) is 0 Å². The summed E-state index contributed by atoms with van der Waals surface area (Å²) in [5.41, 5.74) is 1.59. The Morgan fingerprint density at radius 2 is 1.86 bits per heavy atom. The first-order valence-corrected chi connectivity index (χ1v) is 9.67. The molecule has 1 amide bonds. The Kier molecular flexibility index (Phi) is 5.46. The molecule has 0 bridgehead atoms. The molecule has 1 aliphatic carbocycles. The van der Waals surface area contributed by atoms with Gasteiger partial charge in [-0.1, -0.05) is 47.5 Å². The number of carbonyl (C=O) groups excluding carboxylic acids is 1. The van der Waals surface area contributed by atoms with Crippen molar-refractivity contribution in [3.63, 3.8) is 0 Å². The van der Waals surface area contributed by atoms with Crippen LogP contribution in [-0.2, 0) is 11.3 Å². The van der Waals surface area contributed by atoms with Gasteiger partial charge >= 0.3 is 0 Å². The van der Waals surface area contributed by atoms with Crippen LogP contribution in [0.4, 0.5) is 0 Å². The van der Waals surface area contributed by atoms with Crippen LogP contribution in [0, 0.1) is 0 Å². The quantitative estimate of drug-likeness (QED) is 0.517. The van der Waals surface area contributed by atoms with E-state index in [1.807, 2.05) is 30.3 Å². The van der Waals surface area contributed by atoms with Crippen molar-refractivity contribution in [1.82, 2.24) is 15.1 Å². The third kappa shape index (κ3) is 4.43. The summed E-state index contributed by atoms with van der Waals surface area (Å²) in [5, 5.41) is 9.36. The maximum atomic E-state index is 12.7. The Morgan fingerprint density at radius 3 is 2.57 bits per heavy atom. The molecular formula is C21H17Cl2N3O2. The zero-order valence-electron chi connectivity index (χ0n) is 14.9. The lowest BCUT2D eigenvalue weighted by molar-refractivity contribution is -0.127. The van der Waals surface area contributed by atoms with Gasteiger partial charge in [0.1, 0.15) is 0 Å². The van der Waals surface area contributed by atoms with Crippen LogP contribution in [0.3, 0.4) is 0 Å². The summed E-state index contributed by atoms with van der Waals surface area (Å²) in [5.74, 6) is 0.644. The second kappa shape index (κ2) is 8.17. The molecular weight excluding hydrogens is 397 g/mol. The third-order valence-corrected chi connectivity index (χ3v) is 5.02. The highest BCUT2D eigenvalue weighted by atomic mass is 35.5.